The first-order chi connectivity index (χ1) is 13.3. The number of hydrogen-bond donors (Lipinski definition) is 2. The second-order valence-corrected chi connectivity index (χ2v) is 6.86. The van der Waals surface area contributed by atoms with Gasteiger partial charge in [0.25, 0.3) is 0 Å². The van der Waals surface area contributed by atoms with Gasteiger partial charge in [0.15, 0.2) is 11.5 Å². The van der Waals surface area contributed by atoms with E-state index in [0.717, 1.165) is 55.7 Å². The maximum Gasteiger partial charge on any atom is 0.225 e. The Morgan fingerprint density at radius 2 is 1.69 bits per heavy atom. The Labute approximate surface area is 183 Å². The van der Waals surface area contributed by atoms with Crippen LogP contribution in [0.4, 0.5) is 11.8 Å². The van der Waals surface area contributed by atoms with Gasteiger partial charge in [0, 0.05) is 30.6 Å². The number of methoxy groups -OCH3 is 2. The fourth-order valence-electron chi connectivity index (χ4n) is 3.67. The lowest BCUT2D eigenvalue weighted by Gasteiger charge is -2.30. The molecule has 0 unspecified atom stereocenters. The van der Waals surface area contributed by atoms with E-state index >= 15 is 0 Å². The molecule has 2 aliphatic rings. The minimum atomic E-state index is 0. The summed E-state index contributed by atoms with van der Waals surface area (Å²) in [5.41, 5.74) is 0.848. The molecule has 1 aromatic carbocycles. The second-order valence-electron chi connectivity index (χ2n) is 6.86. The molecule has 8 nitrogen and oxygen atoms in total. The highest BCUT2D eigenvalue weighted by molar-refractivity contribution is 5.93. The zero-order valence-electron chi connectivity index (χ0n) is 16.8. The summed E-state index contributed by atoms with van der Waals surface area (Å²) < 4.78 is 16.5. The molecule has 0 spiro atoms. The highest BCUT2D eigenvalue weighted by Crippen LogP contribution is 2.36. The number of nitrogens with one attached hydrogen (secondary N) is 2. The van der Waals surface area contributed by atoms with Gasteiger partial charge in [-0.1, -0.05) is 0 Å². The van der Waals surface area contributed by atoms with E-state index in [4.69, 9.17) is 24.2 Å². The Morgan fingerprint density at radius 1 is 1.03 bits per heavy atom. The number of halogens is 2. The van der Waals surface area contributed by atoms with Crippen molar-refractivity contribution >= 4 is 47.5 Å². The average molecular weight is 446 g/mol. The summed E-state index contributed by atoms with van der Waals surface area (Å²) in [6.07, 6.45) is 2.14. The maximum atomic E-state index is 5.51. The number of rotatable bonds is 5. The molecule has 10 heteroatoms. The van der Waals surface area contributed by atoms with Gasteiger partial charge in [-0.05, 0) is 32.0 Å². The summed E-state index contributed by atoms with van der Waals surface area (Å²) in [4.78, 5) is 11.9. The van der Waals surface area contributed by atoms with Crippen molar-refractivity contribution in [3.8, 4) is 11.5 Å². The van der Waals surface area contributed by atoms with Gasteiger partial charge in [-0.3, -0.25) is 0 Å². The predicted octanol–water partition coefficient (Wildman–Crippen LogP) is 2.49. The Morgan fingerprint density at radius 3 is 2.34 bits per heavy atom. The molecule has 2 aromatic rings. The molecule has 2 aliphatic heterocycles. The lowest BCUT2D eigenvalue weighted by atomic mass is 10.1. The molecule has 2 saturated heterocycles. The van der Waals surface area contributed by atoms with Crippen LogP contribution in [0.3, 0.4) is 0 Å². The van der Waals surface area contributed by atoms with Crippen molar-refractivity contribution in [2.45, 2.75) is 18.9 Å². The fourth-order valence-corrected chi connectivity index (χ4v) is 3.67. The number of nitrogens with zero attached hydrogens (tertiary/aromatic N) is 3. The molecule has 0 aliphatic carbocycles. The van der Waals surface area contributed by atoms with E-state index in [2.05, 4.69) is 15.5 Å². The number of anilines is 2. The Balaban J connectivity index is 0.00000150. The van der Waals surface area contributed by atoms with Gasteiger partial charge in [-0.25, -0.2) is 4.98 Å². The van der Waals surface area contributed by atoms with E-state index < -0.39 is 0 Å². The largest absolute Gasteiger partial charge is 0.493 e. The monoisotopic (exact) mass is 445 g/mol. The summed E-state index contributed by atoms with van der Waals surface area (Å²) in [6.45, 7) is 5.07. The van der Waals surface area contributed by atoms with Gasteiger partial charge in [0.1, 0.15) is 5.82 Å². The molecule has 2 fully saturated rings. The first-order valence-electron chi connectivity index (χ1n) is 9.52. The number of ether oxygens (including phenoxy) is 3. The van der Waals surface area contributed by atoms with Gasteiger partial charge in [0.2, 0.25) is 5.95 Å². The van der Waals surface area contributed by atoms with E-state index in [1.807, 2.05) is 12.1 Å². The van der Waals surface area contributed by atoms with Gasteiger partial charge >= 0.3 is 0 Å². The van der Waals surface area contributed by atoms with Crippen molar-refractivity contribution in [2.24, 2.45) is 0 Å². The number of piperidine rings is 1. The molecule has 0 amide bonds. The van der Waals surface area contributed by atoms with Gasteiger partial charge in [-0.15, -0.1) is 24.8 Å². The smallest absolute Gasteiger partial charge is 0.225 e. The zero-order chi connectivity index (χ0) is 18.6. The van der Waals surface area contributed by atoms with Crippen molar-refractivity contribution < 1.29 is 14.2 Å². The molecule has 4 rings (SSSR count). The normalized spacial score (nSPS) is 17.2. The van der Waals surface area contributed by atoms with Crippen LogP contribution in [-0.2, 0) is 4.74 Å². The van der Waals surface area contributed by atoms with E-state index in [1.54, 1.807) is 14.2 Å². The lowest BCUT2D eigenvalue weighted by molar-refractivity contribution is 0.122. The summed E-state index contributed by atoms with van der Waals surface area (Å²) in [5, 5.41) is 7.88. The molecule has 29 heavy (non-hydrogen) atoms. The van der Waals surface area contributed by atoms with E-state index in [0.29, 0.717) is 36.7 Å². The second kappa shape index (κ2) is 10.9. The molecule has 0 atom stereocenters. The van der Waals surface area contributed by atoms with Crippen LogP contribution < -0.4 is 25.0 Å². The molecule has 162 valence electrons. The van der Waals surface area contributed by atoms with Gasteiger partial charge in [0.05, 0.1) is 33.0 Å². The first-order valence-corrected chi connectivity index (χ1v) is 9.52. The van der Waals surface area contributed by atoms with Crippen LogP contribution in [0.15, 0.2) is 12.1 Å². The number of morpholine rings is 1. The quantitative estimate of drug-likeness (QED) is 0.726. The third-order valence-corrected chi connectivity index (χ3v) is 5.16. The molecule has 0 bridgehead atoms. The number of hydrogen-bond acceptors (Lipinski definition) is 8. The Hall–Kier alpha value is -1.74. The third-order valence-electron chi connectivity index (χ3n) is 5.16. The van der Waals surface area contributed by atoms with E-state index in [-0.39, 0.29) is 24.8 Å². The van der Waals surface area contributed by atoms with Crippen molar-refractivity contribution in [1.29, 1.82) is 0 Å². The molecule has 0 saturated carbocycles. The minimum absolute atomic E-state index is 0. The molecule has 1 aromatic heterocycles. The molecular weight excluding hydrogens is 417 g/mol. The van der Waals surface area contributed by atoms with E-state index in [1.165, 1.54) is 0 Å². The van der Waals surface area contributed by atoms with Crippen molar-refractivity contribution in [3.63, 3.8) is 0 Å². The maximum absolute atomic E-state index is 5.51. The Kier molecular flexibility index (Phi) is 8.82. The predicted molar refractivity (Wildman–Crippen MR) is 120 cm³/mol. The lowest BCUT2D eigenvalue weighted by Crippen LogP contribution is -2.38. The van der Waals surface area contributed by atoms with Crippen molar-refractivity contribution in [2.75, 3.05) is 63.8 Å². The number of fused-ring (bicyclic) bond motifs is 1. The van der Waals surface area contributed by atoms with Crippen molar-refractivity contribution in [3.05, 3.63) is 12.1 Å². The highest BCUT2D eigenvalue weighted by atomic mass is 35.5. The summed E-state index contributed by atoms with van der Waals surface area (Å²) in [6, 6.07) is 4.28. The van der Waals surface area contributed by atoms with Crippen LogP contribution in [0.2, 0.25) is 0 Å². The summed E-state index contributed by atoms with van der Waals surface area (Å²) in [7, 11) is 3.29. The molecule has 3 heterocycles. The Bertz CT molecular complexity index is 799. The van der Waals surface area contributed by atoms with Crippen LogP contribution in [0, 0.1) is 0 Å². The van der Waals surface area contributed by atoms with Crippen molar-refractivity contribution in [1.82, 2.24) is 15.3 Å². The average Bonchev–Trinajstić information content (AvgIpc) is 2.73. The zero-order valence-corrected chi connectivity index (χ0v) is 18.4. The summed E-state index contributed by atoms with van der Waals surface area (Å²) in [5.74, 6) is 2.94. The minimum Gasteiger partial charge on any atom is -0.493 e. The molecular formula is C19H29Cl2N5O3. The van der Waals surface area contributed by atoms with E-state index in [9.17, 15) is 0 Å². The molecule has 2 N–H and O–H groups in total. The highest BCUT2D eigenvalue weighted by Gasteiger charge is 2.21. The number of aromatic nitrogens is 2. The number of benzene rings is 1. The standard InChI is InChI=1S/C19H27N5O3.2ClH/c1-25-16-11-14-15(12-17(16)26-2)22-19(21-13-3-5-20-6-4-13)23-18(14)24-7-9-27-10-8-24;;/h11-13,20H,3-10H2,1-2H3,(H,21,22,23);2*1H. The SMILES string of the molecule is COc1cc2nc(NC3CCNCC3)nc(N3CCOCC3)c2cc1OC.Cl.Cl. The van der Waals surface area contributed by atoms with Crippen LogP contribution in [-0.4, -0.2) is 69.6 Å². The van der Waals surface area contributed by atoms with Gasteiger partial charge < -0.3 is 29.7 Å². The van der Waals surface area contributed by atoms with Crippen LogP contribution in [0.1, 0.15) is 12.8 Å². The van der Waals surface area contributed by atoms with Crippen LogP contribution in [0.25, 0.3) is 10.9 Å². The fraction of sp³-hybridized carbons (Fsp3) is 0.579. The third kappa shape index (κ3) is 5.25. The molecule has 0 radical (unpaired) electrons. The summed E-state index contributed by atoms with van der Waals surface area (Å²) >= 11 is 0. The topological polar surface area (TPSA) is 80.8 Å². The van der Waals surface area contributed by atoms with Crippen LogP contribution >= 0.6 is 24.8 Å². The van der Waals surface area contributed by atoms with Gasteiger partial charge in [-0.2, -0.15) is 4.98 Å². The van der Waals surface area contributed by atoms with Crippen LogP contribution in [0.5, 0.6) is 11.5 Å². The first kappa shape index (κ1) is 23.5.